The molecule has 3 rings (SSSR count). The SMILES string of the molecule is CCCc1nc(C2CCC(C)C2)nc2c1CNCC2. The fraction of sp³-hybridized carbons (Fsp3) is 0.750. The maximum Gasteiger partial charge on any atom is 0.131 e. The minimum absolute atomic E-state index is 0.616. The van der Waals surface area contributed by atoms with Crippen molar-refractivity contribution < 1.29 is 0 Å². The Hall–Kier alpha value is -0.960. The minimum atomic E-state index is 0.616. The Bertz CT molecular complexity index is 456. The third kappa shape index (κ3) is 2.66. The smallest absolute Gasteiger partial charge is 0.131 e. The third-order valence-corrected chi connectivity index (χ3v) is 4.58. The molecule has 104 valence electrons. The molecule has 3 heteroatoms. The maximum absolute atomic E-state index is 4.94. The third-order valence-electron chi connectivity index (χ3n) is 4.58. The minimum Gasteiger partial charge on any atom is -0.312 e. The molecule has 1 aliphatic carbocycles. The van der Waals surface area contributed by atoms with Crippen molar-refractivity contribution in [2.45, 2.75) is 64.8 Å². The first-order valence-electron chi connectivity index (χ1n) is 7.87. The van der Waals surface area contributed by atoms with Gasteiger partial charge in [0.25, 0.3) is 0 Å². The average molecular weight is 259 g/mol. The summed E-state index contributed by atoms with van der Waals surface area (Å²) in [5.41, 5.74) is 4.03. The molecular formula is C16H25N3. The van der Waals surface area contributed by atoms with E-state index >= 15 is 0 Å². The standard InChI is InChI=1S/C16H25N3/c1-3-4-14-13-10-17-8-7-15(13)19-16(18-14)12-6-5-11(2)9-12/h11-12,17H,3-10H2,1-2H3. The van der Waals surface area contributed by atoms with Crippen LogP contribution in [0.25, 0.3) is 0 Å². The lowest BCUT2D eigenvalue weighted by molar-refractivity contribution is 0.566. The van der Waals surface area contributed by atoms with Crippen LogP contribution in [0, 0.1) is 5.92 Å². The van der Waals surface area contributed by atoms with Crippen molar-refractivity contribution in [2.75, 3.05) is 6.54 Å². The van der Waals surface area contributed by atoms with Crippen molar-refractivity contribution in [3.05, 3.63) is 22.8 Å². The summed E-state index contributed by atoms with van der Waals surface area (Å²) in [6.45, 7) is 6.62. The van der Waals surface area contributed by atoms with Gasteiger partial charge >= 0.3 is 0 Å². The van der Waals surface area contributed by atoms with Gasteiger partial charge in [-0.2, -0.15) is 0 Å². The van der Waals surface area contributed by atoms with E-state index < -0.39 is 0 Å². The lowest BCUT2D eigenvalue weighted by Crippen LogP contribution is -2.27. The number of hydrogen-bond acceptors (Lipinski definition) is 3. The molecule has 2 unspecified atom stereocenters. The first kappa shape index (κ1) is 13.0. The van der Waals surface area contributed by atoms with Crippen molar-refractivity contribution in [1.29, 1.82) is 0 Å². The van der Waals surface area contributed by atoms with E-state index in [1.807, 2.05) is 0 Å². The summed E-state index contributed by atoms with van der Waals surface area (Å²) in [7, 11) is 0. The van der Waals surface area contributed by atoms with Crippen LogP contribution in [0.2, 0.25) is 0 Å². The summed E-state index contributed by atoms with van der Waals surface area (Å²) < 4.78 is 0. The molecule has 2 atom stereocenters. The normalized spacial score (nSPS) is 26.4. The molecule has 1 N–H and O–H groups in total. The quantitative estimate of drug-likeness (QED) is 0.907. The lowest BCUT2D eigenvalue weighted by Gasteiger charge is -2.21. The zero-order valence-corrected chi connectivity index (χ0v) is 12.2. The van der Waals surface area contributed by atoms with Gasteiger partial charge in [-0.05, 0) is 31.6 Å². The molecule has 0 aromatic carbocycles. The van der Waals surface area contributed by atoms with Crippen LogP contribution in [0.5, 0.6) is 0 Å². The highest BCUT2D eigenvalue weighted by Crippen LogP contribution is 2.37. The van der Waals surface area contributed by atoms with E-state index in [1.54, 1.807) is 0 Å². The van der Waals surface area contributed by atoms with Crippen LogP contribution in [-0.4, -0.2) is 16.5 Å². The van der Waals surface area contributed by atoms with Crippen LogP contribution in [0.15, 0.2) is 0 Å². The predicted octanol–water partition coefficient (Wildman–Crippen LogP) is 2.98. The fourth-order valence-electron chi connectivity index (χ4n) is 3.50. The Balaban J connectivity index is 1.94. The van der Waals surface area contributed by atoms with Gasteiger partial charge in [0.2, 0.25) is 0 Å². The summed E-state index contributed by atoms with van der Waals surface area (Å²) in [5, 5.41) is 3.46. The number of nitrogens with zero attached hydrogens (tertiary/aromatic N) is 2. The van der Waals surface area contributed by atoms with Crippen molar-refractivity contribution in [3.63, 3.8) is 0 Å². The first-order valence-corrected chi connectivity index (χ1v) is 7.87. The summed E-state index contributed by atoms with van der Waals surface area (Å²) in [4.78, 5) is 9.86. The highest BCUT2D eigenvalue weighted by atomic mass is 15.0. The van der Waals surface area contributed by atoms with Gasteiger partial charge in [-0.1, -0.05) is 20.3 Å². The number of nitrogens with one attached hydrogen (secondary N) is 1. The summed E-state index contributed by atoms with van der Waals surface area (Å²) >= 11 is 0. The Morgan fingerprint density at radius 2 is 2.16 bits per heavy atom. The molecule has 1 aromatic heterocycles. The van der Waals surface area contributed by atoms with Gasteiger partial charge < -0.3 is 5.32 Å². The molecule has 1 fully saturated rings. The van der Waals surface area contributed by atoms with Crippen molar-refractivity contribution >= 4 is 0 Å². The fourth-order valence-corrected chi connectivity index (χ4v) is 3.50. The summed E-state index contributed by atoms with van der Waals surface area (Å²) in [6.07, 6.45) is 7.25. The average Bonchev–Trinajstić information content (AvgIpc) is 2.86. The Morgan fingerprint density at radius 3 is 2.89 bits per heavy atom. The highest BCUT2D eigenvalue weighted by Gasteiger charge is 2.27. The number of rotatable bonds is 3. The van der Waals surface area contributed by atoms with E-state index in [9.17, 15) is 0 Å². The number of hydrogen-bond donors (Lipinski definition) is 1. The van der Waals surface area contributed by atoms with E-state index in [1.165, 1.54) is 42.6 Å². The Kier molecular flexibility index (Phi) is 3.83. The maximum atomic E-state index is 4.94. The molecule has 1 aliphatic heterocycles. The molecule has 0 saturated heterocycles. The van der Waals surface area contributed by atoms with Gasteiger partial charge in [-0.15, -0.1) is 0 Å². The van der Waals surface area contributed by atoms with Crippen LogP contribution in [0.4, 0.5) is 0 Å². The van der Waals surface area contributed by atoms with E-state index in [2.05, 4.69) is 19.2 Å². The van der Waals surface area contributed by atoms with E-state index in [-0.39, 0.29) is 0 Å². The monoisotopic (exact) mass is 259 g/mol. The van der Waals surface area contributed by atoms with E-state index in [4.69, 9.17) is 9.97 Å². The molecule has 3 nitrogen and oxygen atoms in total. The van der Waals surface area contributed by atoms with Crippen LogP contribution in [0.1, 0.15) is 68.2 Å². The van der Waals surface area contributed by atoms with Gasteiger partial charge in [-0.25, -0.2) is 9.97 Å². The molecule has 0 amide bonds. The van der Waals surface area contributed by atoms with Crippen molar-refractivity contribution in [1.82, 2.24) is 15.3 Å². The largest absolute Gasteiger partial charge is 0.312 e. The Morgan fingerprint density at radius 1 is 1.26 bits per heavy atom. The second kappa shape index (κ2) is 5.58. The van der Waals surface area contributed by atoms with Gasteiger partial charge in [0.1, 0.15) is 5.82 Å². The van der Waals surface area contributed by atoms with E-state index in [0.717, 1.165) is 37.7 Å². The zero-order chi connectivity index (χ0) is 13.2. The Labute approximate surface area is 116 Å². The molecule has 2 heterocycles. The molecule has 1 aromatic rings. The van der Waals surface area contributed by atoms with Crippen LogP contribution in [0.3, 0.4) is 0 Å². The van der Waals surface area contributed by atoms with Gasteiger partial charge in [0.15, 0.2) is 0 Å². The topological polar surface area (TPSA) is 37.8 Å². The molecule has 0 bridgehead atoms. The van der Waals surface area contributed by atoms with E-state index in [0.29, 0.717) is 5.92 Å². The number of aryl methyl sites for hydroxylation is 1. The summed E-state index contributed by atoms with van der Waals surface area (Å²) in [5.74, 6) is 2.61. The molecule has 19 heavy (non-hydrogen) atoms. The number of fused-ring (bicyclic) bond motifs is 1. The van der Waals surface area contributed by atoms with Crippen LogP contribution >= 0.6 is 0 Å². The lowest BCUT2D eigenvalue weighted by atomic mass is 10.00. The molecular weight excluding hydrogens is 234 g/mol. The first-order chi connectivity index (χ1) is 9.28. The number of aromatic nitrogens is 2. The highest BCUT2D eigenvalue weighted by molar-refractivity contribution is 5.29. The molecule has 1 saturated carbocycles. The zero-order valence-electron chi connectivity index (χ0n) is 12.2. The molecule has 2 aliphatic rings. The summed E-state index contributed by atoms with van der Waals surface area (Å²) in [6, 6.07) is 0. The van der Waals surface area contributed by atoms with Crippen molar-refractivity contribution in [3.8, 4) is 0 Å². The van der Waals surface area contributed by atoms with Gasteiger partial charge in [-0.3, -0.25) is 0 Å². The molecule has 0 radical (unpaired) electrons. The van der Waals surface area contributed by atoms with Gasteiger partial charge in [0, 0.05) is 36.7 Å². The van der Waals surface area contributed by atoms with Crippen LogP contribution < -0.4 is 5.32 Å². The van der Waals surface area contributed by atoms with Gasteiger partial charge in [0.05, 0.1) is 5.69 Å². The van der Waals surface area contributed by atoms with Crippen LogP contribution in [-0.2, 0) is 19.4 Å². The van der Waals surface area contributed by atoms with Crippen molar-refractivity contribution in [2.24, 2.45) is 5.92 Å². The second-order valence-electron chi connectivity index (χ2n) is 6.25. The second-order valence-corrected chi connectivity index (χ2v) is 6.25. The predicted molar refractivity (Wildman–Crippen MR) is 77.2 cm³/mol. The molecule has 0 spiro atoms.